The van der Waals surface area contributed by atoms with Crippen molar-refractivity contribution in [3.8, 4) is 0 Å². The van der Waals surface area contributed by atoms with Gasteiger partial charge in [-0.05, 0) is 12.5 Å². The summed E-state index contributed by atoms with van der Waals surface area (Å²) < 4.78 is 0. The van der Waals surface area contributed by atoms with Crippen molar-refractivity contribution < 1.29 is 0 Å². The van der Waals surface area contributed by atoms with E-state index < -0.39 is 0 Å². The fourth-order valence-corrected chi connectivity index (χ4v) is 2.02. The molecular weight excluding hydrogens is 180 g/mol. The molecule has 1 rings (SSSR count). The zero-order chi connectivity index (χ0) is 9.68. The Hall–Kier alpha value is -0.410. The maximum absolute atomic E-state index is 4.30. The summed E-state index contributed by atoms with van der Waals surface area (Å²) in [5.74, 6) is 0.670. The molecule has 74 valence electrons. The number of nitrogens with zero attached hydrogens (tertiary/aromatic N) is 1. The maximum atomic E-state index is 4.30. The summed E-state index contributed by atoms with van der Waals surface area (Å²) in [5, 5.41) is 6.76. The molecule has 1 N–H and O–H groups in total. The average molecular weight is 198 g/mol. The summed E-state index contributed by atoms with van der Waals surface area (Å²) in [7, 11) is 0. The minimum atomic E-state index is 0.566. The highest BCUT2D eigenvalue weighted by atomic mass is 32.1. The summed E-state index contributed by atoms with van der Waals surface area (Å²) in [5.41, 5.74) is 0. The molecule has 0 bridgehead atoms. The second kappa shape index (κ2) is 5.35. The molecule has 0 fully saturated rings. The Morgan fingerprint density at radius 3 is 2.77 bits per heavy atom. The summed E-state index contributed by atoms with van der Waals surface area (Å²) in [6.07, 6.45) is 2.94. The zero-order valence-corrected chi connectivity index (χ0v) is 9.40. The highest BCUT2D eigenvalue weighted by molar-refractivity contribution is 7.09. The SMILES string of the molecule is CCNC(Cc1nccs1)C(C)C. The van der Waals surface area contributed by atoms with E-state index in [1.807, 2.05) is 11.6 Å². The molecule has 0 aliphatic carbocycles. The lowest BCUT2D eigenvalue weighted by atomic mass is 10.0. The Bertz CT molecular complexity index is 219. The van der Waals surface area contributed by atoms with Gasteiger partial charge >= 0.3 is 0 Å². The molecule has 0 aliphatic heterocycles. The number of aromatic nitrogens is 1. The topological polar surface area (TPSA) is 24.9 Å². The van der Waals surface area contributed by atoms with E-state index in [0.29, 0.717) is 12.0 Å². The van der Waals surface area contributed by atoms with E-state index in [2.05, 4.69) is 31.1 Å². The minimum Gasteiger partial charge on any atom is -0.314 e. The Balaban J connectivity index is 2.47. The number of thiazole rings is 1. The number of hydrogen-bond donors (Lipinski definition) is 1. The lowest BCUT2D eigenvalue weighted by Gasteiger charge is -2.20. The zero-order valence-electron chi connectivity index (χ0n) is 8.58. The fourth-order valence-electron chi connectivity index (χ4n) is 1.35. The molecule has 1 aromatic rings. The number of rotatable bonds is 5. The van der Waals surface area contributed by atoms with Crippen LogP contribution in [-0.4, -0.2) is 17.6 Å². The average Bonchev–Trinajstić information content (AvgIpc) is 2.56. The Morgan fingerprint density at radius 2 is 2.31 bits per heavy atom. The highest BCUT2D eigenvalue weighted by Gasteiger charge is 2.13. The molecule has 0 saturated heterocycles. The van der Waals surface area contributed by atoms with Gasteiger partial charge in [-0.1, -0.05) is 20.8 Å². The monoisotopic (exact) mass is 198 g/mol. The van der Waals surface area contributed by atoms with Crippen LogP contribution in [0.5, 0.6) is 0 Å². The predicted molar refractivity (Wildman–Crippen MR) is 58.1 cm³/mol. The highest BCUT2D eigenvalue weighted by Crippen LogP contribution is 2.12. The van der Waals surface area contributed by atoms with E-state index in [1.165, 1.54) is 5.01 Å². The van der Waals surface area contributed by atoms with Crippen LogP contribution in [0.25, 0.3) is 0 Å². The van der Waals surface area contributed by atoms with Gasteiger partial charge in [0.05, 0.1) is 5.01 Å². The Morgan fingerprint density at radius 1 is 1.54 bits per heavy atom. The molecule has 0 saturated carbocycles. The van der Waals surface area contributed by atoms with Crippen molar-refractivity contribution in [1.29, 1.82) is 0 Å². The van der Waals surface area contributed by atoms with Crippen LogP contribution in [0.3, 0.4) is 0 Å². The molecule has 13 heavy (non-hydrogen) atoms. The third kappa shape index (κ3) is 3.44. The van der Waals surface area contributed by atoms with Crippen LogP contribution in [0.1, 0.15) is 25.8 Å². The standard InChI is InChI=1S/C10H18N2S/c1-4-11-9(8(2)3)7-10-12-5-6-13-10/h5-6,8-9,11H,4,7H2,1-3H3. The molecule has 0 spiro atoms. The van der Waals surface area contributed by atoms with Crippen LogP contribution in [0.4, 0.5) is 0 Å². The van der Waals surface area contributed by atoms with Crippen LogP contribution >= 0.6 is 11.3 Å². The van der Waals surface area contributed by atoms with Gasteiger partial charge in [0, 0.05) is 24.0 Å². The van der Waals surface area contributed by atoms with Gasteiger partial charge in [-0.15, -0.1) is 11.3 Å². The molecule has 1 aromatic heterocycles. The van der Waals surface area contributed by atoms with Crippen molar-refractivity contribution in [1.82, 2.24) is 10.3 Å². The first kappa shape index (κ1) is 10.7. The minimum absolute atomic E-state index is 0.566. The normalized spacial score (nSPS) is 13.5. The quantitative estimate of drug-likeness (QED) is 0.785. The summed E-state index contributed by atoms with van der Waals surface area (Å²) >= 11 is 1.74. The number of likely N-dealkylation sites (N-methyl/N-ethyl adjacent to an activating group) is 1. The molecule has 1 heterocycles. The van der Waals surface area contributed by atoms with Crippen molar-refractivity contribution >= 4 is 11.3 Å². The van der Waals surface area contributed by atoms with Gasteiger partial charge in [0.2, 0.25) is 0 Å². The molecule has 0 amide bonds. The maximum Gasteiger partial charge on any atom is 0.0940 e. The van der Waals surface area contributed by atoms with Crippen molar-refractivity contribution in [2.45, 2.75) is 33.2 Å². The van der Waals surface area contributed by atoms with Crippen molar-refractivity contribution in [2.24, 2.45) is 5.92 Å². The second-order valence-electron chi connectivity index (χ2n) is 3.54. The van der Waals surface area contributed by atoms with Crippen LogP contribution in [0.2, 0.25) is 0 Å². The van der Waals surface area contributed by atoms with Gasteiger partial charge < -0.3 is 5.32 Å². The summed E-state index contributed by atoms with van der Waals surface area (Å²) in [6.45, 7) is 7.69. The predicted octanol–water partition coefficient (Wildman–Crippen LogP) is 2.32. The smallest absolute Gasteiger partial charge is 0.0940 e. The van der Waals surface area contributed by atoms with Gasteiger partial charge in [0.15, 0.2) is 0 Å². The lowest BCUT2D eigenvalue weighted by Crippen LogP contribution is -2.35. The number of nitrogens with one attached hydrogen (secondary N) is 1. The van der Waals surface area contributed by atoms with E-state index in [1.54, 1.807) is 11.3 Å². The summed E-state index contributed by atoms with van der Waals surface area (Å²) in [4.78, 5) is 4.30. The third-order valence-corrected chi connectivity index (χ3v) is 2.95. The largest absolute Gasteiger partial charge is 0.314 e. The van der Waals surface area contributed by atoms with Gasteiger partial charge in [-0.2, -0.15) is 0 Å². The van der Waals surface area contributed by atoms with Gasteiger partial charge in [0.1, 0.15) is 0 Å². The fraction of sp³-hybridized carbons (Fsp3) is 0.700. The van der Waals surface area contributed by atoms with E-state index in [-0.39, 0.29) is 0 Å². The molecule has 0 radical (unpaired) electrons. The third-order valence-electron chi connectivity index (χ3n) is 2.15. The molecule has 1 atom stereocenters. The van der Waals surface area contributed by atoms with E-state index in [9.17, 15) is 0 Å². The summed E-state index contributed by atoms with van der Waals surface area (Å²) in [6, 6.07) is 0.566. The molecule has 0 aliphatic rings. The first-order valence-electron chi connectivity index (χ1n) is 4.85. The molecule has 2 nitrogen and oxygen atoms in total. The molecule has 3 heteroatoms. The van der Waals surface area contributed by atoms with Gasteiger partial charge in [-0.25, -0.2) is 4.98 Å². The molecule has 1 unspecified atom stereocenters. The second-order valence-corrected chi connectivity index (χ2v) is 4.52. The van der Waals surface area contributed by atoms with Gasteiger partial charge in [0.25, 0.3) is 0 Å². The molecular formula is C10H18N2S. The van der Waals surface area contributed by atoms with Crippen molar-refractivity contribution in [3.05, 3.63) is 16.6 Å². The Kier molecular flexibility index (Phi) is 4.39. The van der Waals surface area contributed by atoms with Crippen molar-refractivity contribution in [2.75, 3.05) is 6.54 Å². The van der Waals surface area contributed by atoms with Crippen LogP contribution in [-0.2, 0) is 6.42 Å². The number of hydrogen-bond acceptors (Lipinski definition) is 3. The lowest BCUT2D eigenvalue weighted by molar-refractivity contribution is 0.405. The first-order valence-corrected chi connectivity index (χ1v) is 5.73. The van der Waals surface area contributed by atoms with Crippen LogP contribution < -0.4 is 5.32 Å². The van der Waals surface area contributed by atoms with Crippen molar-refractivity contribution in [3.63, 3.8) is 0 Å². The first-order chi connectivity index (χ1) is 6.24. The van der Waals surface area contributed by atoms with E-state index in [0.717, 1.165) is 13.0 Å². The van der Waals surface area contributed by atoms with E-state index >= 15 is 0 Å². The Labute approximate surface area is 84.4 Å². The van der Waals surface area contributed by atoms with Crippen LogP contribution in [0, 0.1) is 5.92 Å². The molecule has 0 aromatic carbocycles. The van der Waals surface area contributed by atoms with Crippen LogP contribution in [0.15, 0.2) is 11.6 Å². The van der Waals surface area contributed by atoms with E-state index in [4.69, 9.17) is 0 Å². The van der Waals surface area contributed by atoms with Gasteiger partial charge in [-0.3, -0.25) is 0 Å².